The quantitative estimate of drug-likeness (QED) is 0.589. The molecule has 0 aliphatic carbocycles. The van der Waals surface area contributed by atoms with E-state index in [1.807, 2.05) is 18.2 Å². The van der Waals surface area contributed by atoms with E-state index in [9.17, 15) is 5.11 Å². The minimum absolute atomic E-state index is 0.0485. The summed E-state index contributed by atoms with van der Waals surface area (Å²) in [5.41, 5.74) is 7.49. The van der Waals surface area contributed by atoms with Crippen LogP contribution in [0.3, 0.4) is 0 Å². The second-order valence-corrected chi connectivity index (χ2v) is 5.15. The molecule has 0 spiro atoms. The third-order valence-corrected chi connectivity index (χ3v) is 3.03. The Balaban J connectivity index is 2.79. The molecule has 4 heteroatoms. The van der Waals surface area contributed by atoms with Gasteiger partial charge in [0.2, 0.25) is 0 Å². The van der Waals surface area contributed by atoms with Crippen LogP contribution >= 0.6 is 22.6 Å². The Labute approximate surface area is 104 Å². The summed E-state index contributed by atoms with van der Waals surface area (Å²) in [6, 6.07) is 5.90. The highest BCUT2D eigenvalue weighted by molar-refractivity contribution is 14.1. The predicted molar refractivity (Wildman–Crippen MR) is 72.9 cm³/mol. The van der Waals surface area contributed by atoms with Crippen molar-refractivity contribution in [2.24, 2.45) is 5.92 Å². The highest BCUT2D eigenvalue weighted by atomic mass is 127. The van der Waals surface area contributed by atoms with E-state index in [0.717, 1.165) is 14.9 Å². The van der Waals surface area contributed by atoms with Crippen LogP contribution in [0.15, 0.2) is 18.2 Å². The fourth-order valence-corrected chi connectivity index (χ4v) is 1.80. The maximum atomic E-state index is 9.20. The van der Waals surface area contributed by atoms with Crippen molar-refractivity contribution < 1.29 is 5.11 Å². The molecular formula is C11H17IN2O. The molecule has 0 amide bonds. The number of nitrogens with two attached hydrogens (primary N) is 1. The Morgan fingerprint density at radius 2 is 2.13 bits per heavy atom. The van der Waals surface area contributed by atoms with Gasteiger partial charge in [-0.3, -0.25) is 0 Å². The summed E-state index contributed by atoms with van der Waals surface area (Å²) < 4.78 is 1.11. The van der Waals surface area contributed by atoms with Gasteiger partial charge in [-0.1, -0.05) is 13.8 Å². The molecule has 0 saturated heterocycles. The number of halogens is 1. The summed E-state index contributed by atoms with van der Waals surface area (Å²) in [6.45, 7) is 4.25. The normalized spacial score (nSPS) is 12.9. The fourth-order valence-electron chi connectivity index (χ4n) is 1.29. The molecule has 0 aromatic heterocycles. The summed E-state index contributed by atoms with van der Waals surface area (Å²) in [5.74, 6) is 0.369. The lowest BCUT2D eigenvalue weighted by Gasteiger charge is -2.22. The average molecular weight is 320 g/mol. The maximum absolute atomic E-state index is 9.20. The fraction of sp³-hybridized carbons (Fsp3) is 0.455. The molecule has 0 aliphatic heterocycles. The number of anilines is 2. The van der Waals surface area contributed by atoms with Crippen molar-refractivity contribution in [3.63, 3.8) is 0 Å². The molecule has 0 unspecified atom stereocenters. The van der Waals surface area contributed by atoms with Crippen LogP contribution < -0.4 is 11.1 Å². The Hall–Kier alpha value is -0.490. The lowest BCUT2D eigenvalue weighted by molar-refractivity contribution is 0.249. The van der Waals surface area contributed by atoms with E-state index >= 15 is 0 Å². The molecule has 1 atom stereocenters. The minimum Gasteiger partial charge on any atom is -0.397 e. The van der Waals surface area contributed by atoms with E-state index in [2.05, 4.69) is 41.8 Å². The van der Waals surface area contributed by atoms with Gasteiger partial charge in [0.1, 0.15) is 0 Å². The number of benzene rings is 1. The zero-order valence-electron chi connectivity index (χ0n) is 9.00. The first-order valence-electron chi connectivity index (χ1n) is 4.97. The summed E-state index contributed by atoms with van der Waals surface area (Å²) in [6.07, 6.45) is 0. The van der Waals surface area contributed by atoms with Gasteiger partial charge in [0.05, 0.1) is 24.0 Å². The molecule has 0 saturated carbocycles. The van der Waals surface area contributed by atoms with E-state index in [-0.39, 0.29) is 12.6 Å². The topological polar surface area (TPSA) is 58.3 Å². The number of rotatable bonds is 4. The maximum Gasteiger partial charge on any atom is 0.0635 e. The minimum atomic E-state index is 0.0485. The summed E-state index contributed by atoms with van der Waals surface area (Å²) >= 11 is 2.22. The second-order valence-electron chi connectivity index (χ2n) is 3.91. The first kappa shape index (κ1) is 12.6. The van der Waals surface area contributed by atoms with Gasteiger partial charge in [-0.05, 0) is 46.7 Å². The van der Waals surface area contributed by atoms with Crippen LogP contribution in [-0.4, -0.2) is 17.8 Å². The molecule has 0 fully saturated rings. The zero-order valence-corrected chi connectivity index (χ0v) is 11.2. The van der Waals surface area contributed by atoms with Crippen LogP contribution in [0, 0.1) is 9.49 Å². The SMILES string of the molecule is CC(C)[C@@H](CO)Nc1ccc(I)cc1N. The molecule has 84 valence electrons. The van der Waals surface area contributed by atoms with Crippen LogP contribution in [0.1, 0.15) is 13.8 Å². The molecule has 1 aromatic carbocycles. The highest BCUT2D eigenvalue weighted by Gasteiger charge is 2.12. The second kappa shape index (κ2) is 5.55. The Kier molecular flexibility index (Phi) is 4.66. The smallest absolute Gasteiger partial charge is 0.0635 e. The summed E-state index contributed by atoms with van der Waals surface area (Å²) in [4.78, 5) is 0. The van der Waals surface area contributed by atoms with E-state index in [0.29, 0.717) is 5.92 Å². The average Bonchev–Trinajstić information content (AvgIpc) is 2.16. The van der Waals surface area contributed by atoms with Crippen molar-refractivity contribution in [2.75, 3.05) is 17.7 Å². The molecule has 0 bridgehead atoms. The lowest BCUT2D eigenvalue weighted by atomic mass is 10.0. The Morgan fingerprint density at radius 3 is 2.60 bits per heavy atom. The van der Waals surface area contributed by atoms with Gasteiger partial charge >= 0.3 is 0 Å². The lowest BCUT2D eigenvalue weighted by Crippen LogP contribution is -2.29. The number of hydrogen-bond acceptors (Lipinski definition) is 3. The number of hydrogen-bond donors (Lipinski definition) is 3. The summed E-state index contributed by atoms with van der Waals surface area (Å²) in [7, 11) is 0. The number of aliphatic hydroxyl groups excluding tert-OH is 1. The van der Waals surface area contributed by atoms with Crippen LogP contribution in [0.2, 0.25) is 0 Å². The van der Waals surface area contributed by atoms with E-state index in [1.54, 1.807) is 0 Å². The molecule has 0 radical (unpaired) electrons. The zero-order chi connectivity index (χ0) is 11.4. The molecule has 3 nitrogen and oxygen atoms in total. The Bertz CT molecular complexity index is 328. The van der Waals surface area contributed by atoms with Gasteiger partial charge in [-0.2, -0.15) is 0 Å². The molecule has 1 rings (SSSR count). The van der Waals surface area contributed by atoms with Gasteiger partial charge < -0.3 is 16.2 Å². The van der Waals surface area contributed by atoms with Crippen LogP contribution in [0.4, 0.5) is 11.4 Å². The van der Waals surface area contributed by atoms with Crippen molar-refractivity contribution in [1.82, 2.24) is 0 Å². The third kappa shape index (κ3) is 3.53. The van der Waals surface area contributed by atoms with Gasteiger partial charge in [0.15, 0.2) is 0 Å². The van der Waals surface area contributed by atoms with E-state index in [4.69, 9.17) is 5.73 Å². The Morgan fingerprint density at radius 1 is 1.47 bits per heavy atom. The van der Waals surface area contributed by atoms with Gasteiger partial charge in [-0.25, -0.2) is 0 Å². The van der Waals surface area contributed by atoms with Crippen LogP contribution in [-0.2, 0) is 0 Å². The molecule has 15 heavy (non-hydrogen) atoms. The molecule has 1 aromatic rings. The van der Waals surface area contributed by atoms with E-state index < -0.39 is 0 Å². The van der Waals surface area contributed by atoms with Gasteiger partial charge in [-0.15, -0.1) is 0 Å². The first-order valence-corrected chi connectivity index (χ1v) is 6.05. The van der Waals surface area contributed by atoms with Crippen molar-refractivity contribution in [2.45, 2.75) is 19.9 Å². The first-order chi connectivity index (χ1) is 7.04. The van der Waals surface area contributed by atoms with Gasteiger partial charge in [0.25, 0.3) is 0 Å². The molecule has 0 heterocycles. The van der Waals surface area contributed by atoms with Crippen molar-refractivity contribution in [1.29, 1.82) is 0 Å². The molecule has 0 aliphatic rings. The number of nitrogens with one attached hydrogen (secondary N) is 1. The van der Waals surface area contributed by atoms with Crippen molar-refractivity contribution in [3.8, 4) is 0 Å². The van der Waals surface area contributed by atoms with Crippen molar-refractivity contribution in [3.05, 3.63) is 21.8 Å². The summed E-state index contributed by atoms with van der Waals surface area (Å²) in [5, 5.41) is 12.4. The largest absolute Gasteiger partial charge is 0.397 e. The van der Waals surface area contributed by atoms with Crippen molar-refractivity contribution >= 4 is 34.0 Å². The third-order valence-electron chi connectivity index (χ3n) is 2.36. The molecular weight excluding hydrogens is 303 g/mol. The molecule has 4 N–H and O–H groups in total. The van der Waals surface area contributed by atoms with Gasteiger partial charge in [0, 0.05) is 3.57 Å². The number of aliphatic hydroxyl groups is 1. The van der Waals surface area contributed by atoms with Crippen LogP contribution in [0.25, 0.3) is 0 Å². The highest BCUT2D eigenvalue weighted by Crippen LogP contribution is 2.22. The monoisotopic (exact) mass is 320 g/mol. The standard InChI is InChI=1S/C11H17IN2O/c1-7(2)11(6-15)14-10-4-3-8(12)5-9(10)13/h3-5,7,11,14-15H,6,13H2,1-2H3/t11-/m1/s1. The predicted octanol–water partition coefficient (Wildman–Crippen LogP) is 2.30. The number of nitrogen functional groups attached to an aromatic ring is 1. The van der Waals surface area contributed by atoms with Crippen LogP contribution in [0.5, 0.6) is 0 Å². The van der Waals surface area contributed by atoms with E-state index in [1.165, 1.54) is 0 Å².